The van der Waals surface area contributed by atoms with E-state index in [1.165, 1.54) is 25.4 Å². The summed E-state index contributed by atoms with van der Waals surface area (Å²) in [6.07, 6.45) is 1.53. The lowest BCUT2D eigenvalue weighted by Crippen LogP contribution is -2.18. The van der Waals surface area contributed by atoms with E-state index >= 15 is 0 Å². The Morgan fingerprint density at radius 1 is 1.40 bits per heavy atom. The van der Waals surface area contributed by atoms with E-state index in [0.29, 0.717) is 16.5 Å². The van der Waals surface area contributed by atoms with Gasteiger partial charge < -0.3 is 5.32 Å². The Hall–Kier alpha value is -1.97. The van der Waals surface area contributed by atoms with Gasteiger partial charge in [-0.05, 0) is 24.3 Å². The number of nitrogens with one attached hydrogen (secondary N) is 1. The number of hydrogen-bond donors (Lipinski definition) is 1. The zero-order valence-electron chi connectivity index (χ0n) is 8.12. The van der Waals surface area contributed by atoms with Crippen LogP contribution in [0.4, 0.5) is 4.39 Å². The Morgan fingerprint density at radius 2 is 2.20 bits per heavy atom. The van der Waals surface area contributed by atoms with Crippen molar-refractivity contribution in [3.63, 3.8) is 0 Å². The van der Waals surface area contributed by atoms with Crippen molar-refractivity contribution >= 4 is 16.8 Å². The first-order chi connectivity index (χ1) is 7.22. The zero-order chi connectivity index (χ0) is 10.8. The van der Waals surface area contributed by atoms with E-state index in [4.69, 9.17) is 0 Å². The SMILES string of the molecule is CNC(=O)c1ccnc2ccc(F)cc12. The Kier molecular flexibility index (Phi) is 2.33. The van der Waals surface area contributed by atoms with Crippen molar-refractivity contribution in [3.05, 3.63) is 41.8 Å². The third-order valence-corrected chi connectivity index (χ3v) is 2.18. The first-order valence-electron chi connectivity index (χ1n) is 4.48. The third-order valence-electron chi connectivity index (χ3n) is 2.18. The maximum Gasteiger partial charge on any atom is 0.251 e. The molecule has 0 aliphatic carbocycles. The highest BCUT2D eigenvalue weighted by Crippen LogP contribution is 2.17. The van der Waals surface area contributed by atoms with Gasteiger partial charge in [0.2, 0.25) is 0 Å². The van der Waals surface area contributed by atoms with Crippen molar-refractivity contribution in [2.75, 3.05) is 7.05 Å². The molecule has 0 saturated carbocycles. The molecule has 1 aromatic heterocycles. The van der Waals surface area contributed by atoms with E-state index in [0.717, 1.165) is 0 Å². The van der Waals surface area contributed by atoms with Crippen LogP contribution in [0.2, 0.25) is 0 Å². The van der Waals surface area contributed by atoms with E-state index in [1.54, 1.807) is 12.1 Å². The highest BCUT2D eigenvalue weighted by Gasteiger charge is 2.09. The summed E-state index contributed by atoms with van der Waals surface area (Å²) in [4.78, 5) is 15.5. The quantitative estimate of drug-likeness (QED) is 0.768. The summed E-state index contributed by atoms with van der Waals surface area (Å²) in [7, 11) is 1.54. The van der Waals surface area contributed by atoms with Gasteiger partial charge in [0, 0.05) is 18.6 Å². The van der Waals surface area contributed by atoms with Gasteiger partial charge in [-0.15, -0.1) is 0 Å². The molecule has 0 radical (unpaired) electrons. The zero-order valence-corrected chi connectivity index (χ0v) is 8.12. The van der Waals surface area contributed by atoms with Crippen LogP contribution in [0.5, 0.6) is 0 Å². The van der Waals surface area contributed by atoms with Gasteiger partial charge >= 0.3 is 0 Å². The monoisotopic (exact) mass is 204 g/mol. The minimum Gasteiger partial charge on any atom is -0.355 e. The normalized spacial score (nSPS) is 10.3. The summed E-state index contributed by atoms with van der Waals surface area (Å²) in [5.41, 5.74) is 1.04. The number of carbonyl (C=O) groups is 1. The molecule has 0 aliphatic rings. The first-order valence-corrected chi connectivity index (χ1v) is 4.48. The van der Waals surface area contributed by atoms with Gasteiger partial charge in [-0.1, -0.05) is 0 Å². The lowest BCUT2D eigenvalue weighted by atomic mass is 10.1. The van der Waals surface area contributed by atoms with Crippen LogP contribution in [-0.2, 0) is 0 Å². The van der Waals surface area contributed by atoms with E-state index in [1.807, 2.05) is 0 Å². The molecular formula is C11H9FN2O. The van der Waals surface area contributed by atoms with Gasteiger partial charge in [-0.2, -0.15) is 0 Å². The standard InChI is InChI=1S/C11H9FN2O/c1-13-11(15)8-4-5-14-10-3-2-7(12)6-9(8)10/h2-6H,1H3,(H,13,15). The molecule has 2 aromatic rings. The fourth-order valence-corrected chi connectivity index (χ4v) is 1.45. The highest BCUT2D eigenvalue weighted by molar-refractivity contribution is 6.05. The van der Waals surface area contributed by atoms with Crippen LogP contribution in [0.25, 0.3) is 10.9 Å². The third kappa shape index (κ3) is 1.66. The maximum absolute atomic E-state index is 13.0. The van der Waals surface area contributed by atoms with Crippen LogP contribution >= 0.6 is 0 Å². The molecule has 0 aliphatic heterocycles. The molecule has 76 valence electrons. The van der Waals surface area contributed by atoms with Crippen LogP contribution in [0.15, 0.2) is 30.5 Å². The van der Waals surface area contributed by atoms with Crippen molar-refractivity contribution in [2.45, 2.75) is 0 Å². The van der Waals surface area contributed by atoms with Crippen LogP contribution in [-0.4, -0.2) is 17.9 Å². The molecule has 0 atom stereocenters. The number of halogens is 1. The number of rotatable bonds is 1. The number of pyridine rings is 1. The molecule has 1 heterocycles. The number of amides is 1. The fourth-order valence-electron chi connectivity index (χ4n) is 1.45. The fraction of sp³-hybridized carbons (Fsp3) is 0.0909. The maximum atomic E-state index is 13.0. The van der Waals surface area contributed by atoms with Crippen molar-refractivity contribution in [2.24, 2.45) is 0 Å². The Labute approximate surface area is 85.9 Å². The average Bonchev–Trinajstić information content (AvgIpc) is 2.27. The Balaban J connectivity index is 2.74. The van der Waals surface area contributed by atoms with Crippen LogP contribution in [0.3, 0.4) is 0 Å². The molecule has 0 bridgehead atoms. The minimum atomic E-state index is -0.374. The Bertz CT molecular complexity index is 525. The molecule has 2 rings (SSSR count). The van der Waals surface area contributed by atoms with E-state index in [-0.39, 0.29) is 11.7 Å². The predicted molar refractivity (Wildman–Crippen MR) is 55.1 cm³/mol. The van der Waals surface area contributed by atoms with Crippen LogP contribution in [0, 0.1) is 5.82 Å². The Morgan fingerprint density at radius 3 is 2.93 bits per heavy atom. The van der Waals surface area contributed by atoms with E-state index < -0.39 is 0 Å². The van der Waals surface area contributed by atoms with Crippen molar-refractivity contribution in [3.8, 4) is 0 Å². The largest absolute Gasteiger partial charge is 0.355 e. The molecule has 15 heavy (non-hydrogen) atoms. The van der Waals surface area contributed by atoms with Gasteiger partial charge in [0.25, 0.3) is 5.91 Å². The van der Waals surface area contributed by atoms with Gasteiger partial charge in [0.05, 0.1) is 11.1 Å². The summed E-state index contributed by atoms with van der Waals surface area (Å²) in [6.45, 7) is 0. The minimum absolute atomic E-state index is 0.243. The molecular weight excluding hydrogens is 195 g/mol. The molecule has 1 aromatic carbocycles. The number of nitrogens with zero attached hydrogens (tertiary/aromatic N) is 1. The molecule has 1 amide bonds. The van der Waals surface area contributed by atoms with Crippen molar-refractivity contribution in [1.82, 2.24) is 10.3 Å². The predicted octanol–water partition coefficient (Wildman–Crippen LogP) is 1.73. The molecule has 1 N–H and O–H groups in total. The topological polar surface area (TPSA) is 42.0 Å². The average molecular weight is 204 g/mol. The van der Waals surface area contributed by atoms with Gasteiger partial charge in [-0.3, -0.25) is 9.78 Å². The summed E-state index contributed by atoms with van der Waals surface area (Å²) in [6, 6.07) is 5.76. The summed E-state index contributed by atoms with van der Waals surface area (Å²) in [5, 5.41) is 3.03. The number of carbonyl (C=O) groups excluding carboxylic acids is 1. The van der Waals surface area contributed by atoms with Crippen LogP contribution < -0.4 is 5.32 Å². The van der Waals surface area contributed by atoms with Crippen molar-refractivity contribution in [1.29, 1.82) is 0 Å². The number of aromatic nitrogens is 1. The van der Waals surface area contributed by atoms with Gasteiger partial charge in [0.15, 0.2) is 0 Å². The molecule has 0 fully saturated rings. The first kappa shape index (κ1) is 9.58. The van der Waals surface area contributed by atoms with Gasteiger partial charge in [0.1, 0.15) is 5.82 Å². The smallest absolute Gasteiger partial charge is 0.251 e. The molecule has 0 unspecified atom stereocenters. The number of fused-ring (bicyclic) bond motifs is 1. The second kappa shape index (κ2) is 3.65. The van der Waals surface area contributed by atoms with Gasteiger partial charge in [-0.25, -0.2) is 4.39 Å². The summed E-state index contributed by atoms with van der Waals surface area (Å²) >= 11 is 0. The second-order valence-corrected chi connectivity index (χ2v) is 3.10. The number of benzene rings is 1. The highest BCUT2D eigenvalue weighted by atomic mass is 19.1. The molecule has 0 saturated heterocycles. The van der Waals surface area contributed by atoms with Crippen LogP contribution in [0.1, 0.15) is 10.4 Å². The molecule has 3 nitrogen and oxygen atoms in total. The lowest BCUT2D eigenvalue weighted by molar-refractivity contribution is 0.0964. The molecule has 4 heteroatoms. The number of hydrogen-bond acceptors (Lipinski definition) is 2. The van der Waals surface area contributed by atoms with Crippen molar-refractivity contribution < 1.29 is 9.18 Å². The lowest BCUT2D eigenvalue weighted by Gasteiger charge is -2.04. The molecule has 0 spiro atoms. The second-order valence-electron chi connectivity index (χ2n) is 3.10. The summed E-state index contributed by atoms with van der Waals surface area (Å²) in [5.74, 6) is -0.617. The van der Waals surface area contributed by atoms with E-state index in [9.17, 15) is 9.18 Å². The summed E-state index contributed by atoms with van der Waals surface area (Å²) < 4.78 is 13.0. The van der Waals surface area contributed by atoms with E-state index in [2.05, 4.69) is 10.3 Å².